The van der Waals surface area contributed by atoms with Crippen LogP contribution in [0, 0.1) is 0 Å². The zero-order valence-electron chi connectivity index (χ0n) is 13.1. The van der Waals surface area contributed by atoms with E-state index in [4.69, 9.17) is 23.2 Å². The monoisotopic (exact) mass is 373 g/mol. The van der Waals surface area contributed by atoms with Gasteiger partial charge in [-0.1, -0.05) is 29.3 Å². The van der Waals surface area contributed by atoms with Gasteiger partial charge in [0.05, 0.1) is 16.6 Å². The van der Waals surface area contributed by atoms with Gasteiger partial charge in [-0.3, -0.25) is 9.78 Å². The number of halogens is 2. The number of benzene rings is 1. The van der Waals surface area contributed by atoms with Gasteiger partial charge in [0, 0.05) is 24.8 Å². The Morgan fingerprint density at radius 2 is 1.92 bits per heavy atom. The normalized spacial score (nSPS) is 13.6. The van der Waals surface area contributed by atoms with Crippen molar-refractivity contribution in [2.45, 2.75) is 13.1 Å². The summed E-state index contributed by atoms with van der Waals surface area (Å²) in [6.45, 7) is 1.56. The summed E-state index contributed by atoms with van der Waals surface area (Å²) in [5, 5.41) is 9.25. The van der Waals surface area contributed by atoms with E-state index < -0.39 is 0 Å². The highest BCUT2D eigenvalue weighted by atomic mass is 35.5. The predicted molar refractivity (Wildman–Crippen MR) is 94.5 cm³/mol. The lowest BCUT2D eigenvalue weighted by Crippen LogP contribution is -2.38. The van der Waals surface area contributed by atoms with Crippen molar-refractivity contribution in [2.24, 2.45) is 0 Å². The summed E-state index contributed by atoms with van der Waals surface area (Å²) in [4.78, 5) is 18.8. The molecule has 0 unspecified atom stereocenters. The molecule has 0 radical (unpaired) electrons. The van der Waals surface area contributed by atoms with E-state index in [-0.39, 0.29) is 5.91 Å². The Bertz CT molecular complexity index is 941. The number of amides is 1. The fourth-order valence-corrected chi connectivity index (χ4v) is 3.13. The summed E-state index contributed by atoms with van der Waals surface area (Å²) >= 11 is 11.9. The average molecular weight is 374 g/mol. The third-order valence-electron chi connectivity index (χ3n) is 4.10. The molecule has 4 rings (SSSR count). The second kappa shape index (κ2) is 6.46. The number of fused-ring (bicyclic) bond motifs is 1. The van der Waals surface area contributed by atoms with Crippen LogP contribution in [0.25, 0.3) is 11.5 Å². The van der Waals surface area contributed by atoms with Crippen LogP contribution in [0.3, 0.4) is 0 Å². The molecule has 0 aliphatic carbocycles. The summed E-state index contributed by atoms with van der Waals surface area (Å²) < 4.78 is 2.00. The molecule has 1 amide bonds. The number of pyridine rings is 1. The van der Waals surface area contributed by atoms with E-state index in [1.807, 2.05) is 22.8 Å². The number of aromatic nitrogens is 4. The first-order valence-electron chi connectivity index (χ1n) is 7.71. The number of carbonyl (C=O) groups is 1. The van der Waals surface area contributed by atoms with Gasteiger partial charge in [0.2, 0.25) is 0 Å². The zero-order chi connectivity index (χ0) is 17.4. The SMILES string of the molecule is O=C(c1ccc(Cl)c(Cl)c1)N1CCn2c(nnc2-c2ccccn2)C1. The lowest BCUT2D eigenvalue weighted by molar-refractivity contribution is 0.0708. The molecule has 0 N–H and O–H groups in total. The van der Waals surface area contributed by atoms with Crippen LogP contribution in [0.15, 0.2) is 42.6 Å². The standard InChI is InChI=1S/C17H13Cl2N5O/c18-12-5-4-11(9-13(12)19)17(25)23-7-8-24-15(10-23)21-22-16(24)14-3-1-2-6-20-14/h1-6,9H,7-8,10H2. The molecule has 0 saturated carbocycles. The summed E-state index contributed by atoms with van der Waals surface area (Å²) in [5.41, 5.74) is 1.28. The van der Waals surface area contributed by atoms with Crippen LogP contribution in [-0.2, 0) is 13.1 Å². The van der Waals surface area contributed by atoms with Crippen molar-refractivity contribution >= 4 is 29.1 Å². The highest BCUT2D eigenvalue weighted by Crippen LogP contribution is 2.25. The Labute approximate surface area is 154 Å². The van der Waals surface area contributed by atoms with Crippen molar-refractivity contribution in [1.29, 1.82) is 0 Å². The van der Waals surface area contributed by atoms with E-state index in [0.717, 1.165) is 17.3 Å². The van der Waals surface area contributed by atoms with Crippen molar-refractivity contribution in [3.05, 3.63) is 64.0 Å². The van der Waals surface area contributed by atoms with Crippen LogP contribution < -0.4 is 0 Å². The number of carbonyl (C=O) groups excluding carboxylic acids is 1. The largest absolute Gasteiger partial charge is 0.329 e. The number of rotatable bonds is 2. The smallest absolute Gasteiger partial charge is 0.254 e. The van der Waals surface area contributed by atoms with Gasteiger partial charge < -0.3 is 9.47 Å². The third-order valence-corrected chi connectivity index (χ3v) is 4.84. The lowest BCUT2D eigenvalue weighted by atomic mass is 10.2. The molecule has 1 aliphatic rings. The molecule has 2 aromatic heterocycles. The van der Waals surface area contributed by atoms with E-state index in [0.29, 0.717) is 35.2 Å². The lowest BCUT2D eigenvalue weighted by Gasteiger charge is -2.28. The molecular formula is C17H13Cl2N5O. The Morgan fingerprint density at radius 1 is 1.04 bits per heavy atom. The number of nitrogens with zero attached hydrogens (tertiary/aromatic N) is 5. The highest BCUT2D eigenvalue weighted by molar-refractivity contribution is 6.42. The molecule has 0 atom stereocenters. The quantitative estimate of drug-likeness (QED) is 0.691. The van der Waals surface area contributed by atoms with Gasteiger partial charge in [-0.15, -0.1) is 10.2 Å². The number of hydrogen-bond donors (Lipinski definition) is 0. The summed E-state index contributed by atoms with van der Waals surface area (Å²) in [6, 6.07) is 10.6. The van der Waals surface area contributed by atoms with E-state index in [2.05, 4.69) is 15.2 Å². The van der Waals surface area contributed by atoms with Gasteiger partial charge in [0.25, 0.3) is 5.91 Å². The van der Waals surface area contributed by atoms with Gasteiger partial charge in [0.15, 0.2) is 11.6 Å². The van der Waals surface area contributed by atoms with Crippen molar-refractivity contribution in [3.8, 4) is 11.5 Å². The summed E-state index contributed by atoms with van der Waals surface area (Å²) in [7, 11) is 0. The van der Waals surface area contributed by atoms with Crippen LogP contribution in [-0.4, -0.2) is 37.1 Å². The minimum atomic E-state index is -0.104. The molecule has 8 heteroatoms. The van der Waals surface area contributed by atoms with E-state index in [1.54, 1.807) is 29.3 Å². The second-order valence-electron chi connectivity index (χ2n) is 5.66. The molecule has 0 spiro atoms. The first-order valence-corrected chi connectivity index (χ1v) is 8.47. The first kappa shape index (κ1) is 16.1. The topological polar surface area (TPSA) is 63.9 Å². The van der Waals surface area contributed by atoms with Crippen LogP contribution in [0.2, 0.25) is 10.0 Å². The molecule has 0 bridgehead atoms. The molecule has 6 nitrogen and oxygen atoms in total. The van der Waals surface area contributed by atoms with Gasteiger partial charge in [-0.05, 0) is 30.3 Å². The van der Waals surface area contributed by atoms with Gasteiger partial charge in [-0.25, -0.2) is 0 Å². The van der Waals surface area contributed by atoms with Crippen molar-refractivity contribution in [3.63, 3.8) is 0 Å². The Hall–Kier alpha value is -2.44. The molecule has 126 valence electrons. The van der Waals surface area contributed by atoms with Crippen molar-refractivity contribution < 1.29 is 4.79 Å². The van der Waals surface area contributed by atoms with Crippen LogP contribution >= 0.6 is 23.2 Å². The maximum Gasteiger partial charge on any atom is 0.254 e. The molecule has 25 heavy (non-hydrogen) atoms. The average Bonchev–Trinajstić information content (AvgIpc) is 3.07. The van der Waals surface area contributed by atoms with Gasteiger partial charge >= 0.3 is 0 Å². The molecule has 0 saturated heterocycles. The fourth-order valence-electron chi connectivity index (χ4n) is 2.83. The molecule has 1 aromatic carbocycles. The first-order chi connectivity index (χ1) is 12.1. The maximum absolute atomic E-state index is 12.7. The van der Waals surface area contributed by atoms with Crippen LogP contribution in [0.5, 0.6) is 0 Å². The predicted octanol–water partition coefficient (Wildman–Crippen LogP) is 3.30. The molecule has 1 aliphatic heterocycles. The number of hydrogen-bond acceptors (Lipinski definition) is 4. The Morgan fingerprint density at radius 3 is 2.68 bits per heavy atom. The Balaban J connectivity index is 1.58. The van der Waals surface area contributed by atoms with Crippen molar-refractivity contribution in [1.82, 2.24) is 24.6 Å². The second-order valence-corrected chi connectivity index (χ2v) is 6.48. The third kappa shape index (κ3) is 2.99. The maximum atomic E-state index is 12.7. The highest BCUT2D eigenvalue weighted by Gasteiger charge is 2.26. The van der Waals surface area contributed by atoms with E-state index in [9.17, 15) is 4.79 Å². The van der Waals surface area contributed by atoms with E-state index in [1.165, 1.54) is 0 Å². The van der Waals surface area contributed by atoms with Crippen LogP contribution in [0.4, 0.5) is 0 Å². The Kier molecular flexibility index (Phi) is 4.15. The summed E-state index contributed by atoms with van der Waals surface area (Å²) in [5.74, 6) is 1.35. The molecule has 3 aromatic rings. The zero-order valence-corrected chi connectivity index (χ0v) is 14.6. The van der Waals surface area contributed by atoms with Gasteiger partial charge in [-0.2, -0.15) is 0 Å². The van der Waals surface area contributed by atoms with Gasteiger partial charge in [0.1, 0.15) is 5.69 Å². The molecular weight excluding hydrogens is 361 g/mol. The van der Waals surface area contributed by atoms with Crippen molar-refractivity contribution in [2.75, 3.05) is 6.54 Å². The minimum absolute atomic E-state index is 0.104. The molecule has 0 fully saturated rings. The summed E-state index contributed by atoms with van der Waals surface area (Å²) in [6.07, 6.45) is 1.72. The van der Waals surface area contributed by atoms with E-state index >= 15 is 0 Å². The minimum Gasteiger partial charge on any atom is -0.329 e. The molecule has 3 heterocycles. The van der Waals surface area contributed by atoms with Crippen LogP contribution in [0.1, 0.15) is 16.2 Å². The fraction of sp³-hybridized carbons (Fsp3) is 0.176.